The Morgan fingerprint density at radius 3 is 2.73 bits per heavy atom. The van der Waals surface area contributed by atoms with Gasteiger partial charge in [0.15, 0.2) is 0 Å². The second-order valence-corrected chi connectivity index (χ2v) is 3.48. The molecule has 0 aliphatic heterocycles. The van der Waals surface area contributed by atoms with Crippen LogP contribution >= 0.6 is 0 Å². The van der Waals surface area contributed by atoms with Crippen molar-refractivity contribution in [1.82, 2.24) is 9.78 Å². The van der Waals surface area contributed by atoms with E-state index in [0.717, 1.165) is 19.3 Å². The highest BCUT2D eigenvalue weighted by Gasteiger charge is 2.10. The highest BCUT2D eigenvalue weighted by molar-refractivity contribution is 5.88. The summed E-state index contributed by atoms with van der Waals surface area (Å²) in [6, 6.07) is 0. The number of unbranched alkanes of at least 4 members (excludes halogenated alkanes) is 2. The summed E-state index contributed by atoms with van der Waals surface area (Å²) in [7, 11) is 0. The number of hydrogen-bond donors (Lipinski definition) is 2. The Kier molecular flexibility index (Phi) is 4.30. The van der Waals surface area contributed by atoms with E-state index < -0.39 is 5.97 Å². The van der Waals surface area contributed by atoms with Gasteiger partial charge in [-0.1, -0.05) is 0 Å². The van der Waals surface area contributed by atoms with Gasteiger partial charge in [0.1, 0.15) is 5.56 Å². The maximum Gasteiger partial charge on any atom is 0.339 e. The van der Waals surface area contributed by atoms with Crippen molar-refractivity contribution in [3.8, 4) is 0 Å². The largest absolute Gasteiger partial charge is 0.478 e. The SMILES string of the molecule is Cc1nn(CCCCCO)cc1C(=O)O. The van der Waals surface area contributed by atoms with Gasteiger partial charge >= 0.3 is 5.97 Å². The van der Waals surface area contributed by atoms with Crippen LogP contribution < -0.4 is 0 Å². The molecule has 5 nitrogen and oxygen atoms in total. The maximum absolute atomic E-state index is 10.7. The zero-order valence-electron chi connectivity index (χ0n) is 8.81. The van der Waals surface area contributed by atoms with Crippen molar-refractivity contribution in [1.29, 1.82) is 0 Å². The number of carboxylic acid groups (broad SMARTS) is 1. The van der Waals surface area contributed by atoms with Crippen LogP contribution in [-0.2, 0) is 6.54 Å². The molecule has 0 saturated heterocycles. The first-order chi connectivity index (χ1) is 7.15. The zero-order chi connectivity index (χ0) is 11.3. The molecule has 0 saturated carbocycles. The average Bonchev–Trinajstić information content (AvgIpc) is 2.55. The highest BCUT2D eigenvalue weighted by Crippen LogP contribution is 2.06. The van der Waals surface area contributed by atoms with E-state index in [1.165, 1.54) is 0 Å². The third kappa shape index (κ3) is 3.36. The number of nitrogens with zero attached hydrogens (tertiary/aromatic N) is 2. The van der Waals surface area contributed by atoms with Gasteiger partial charge in [-0.2, -0.15) is 5.10 Å². The lowest BCUT2D eigenvalue weighted by Gasteiger charge is -1.99. The summed E-state index contributed by atoms with van der Waals surface area (Å²) in [4.78, 5) is 10.7. The second kappa shape index (κ2) is 5.50. The molecule has 0 spiro atoms. The first-order valence-corrected chi connectivity index (χ1v) is 5.03. The Morgan fingerprint density at radius 1 is 1.47 bits per heavy atom. The standard InChI is InChI=1S/C10H16N2O3/c1-8-9(10(14)15)7-12(11-8)5-3-2-4-6-13/h7,13H,2-6H2,1H3,(H,14,15). The molecule has 1 aromatic heterocycles. The van der Waals surface area contributed by atoms with E-state index in [-0.39, 0.29) is 12.2 Å². The summed E-state index contributed by atoms with van der Waals surface area (Å²) < 4.78 is 1.65. The summed E-state index contributed by atoms with van der Waals surface area (Å²) in [5.74, 6) is -0.936. The summed E-state index contributed by atoms with van der Waals surface area (Å²) in [5, 5.41) is 21.5. The number of rotatable bonds is 6. The minimum Gasteiger partial charge on any atom is -0.478 e. The second-order valence-electron chi connectivity index (χ2n) is 3.48. The van der Waals surface area contributed by atoms with Crippen LogP contribution in [0.15, 0.2) is 6.20 Å². The molecular formula is C10H16N2O3. The topological polar surface area (TPSA) is 75.3 Å². The molecule has 0 aliphatic carbocycles. The summed E-state index contributed by atoms with van der Waals surface area (Å²) in [5.41, 5.74) is 0.807. The molecule has 0 aliphatic rings. The quantitative estimate of drug-likeness (QED) is 0.691. The number of aliphatic hydroxyl groups excluding tert-OH is 1. The van der Waals surface area contributed by atoms with Crippen LogP contribution in [-0.4, -0.2) is 32.6 Å². The molecule has 0 aromatic carbocycles. The fourth-order valence-electron chi connectivity index (χ4n) is 1.40. The van der Waals surface area contributed by atoms with Crippen molar-refractivity contribution in [2.75, 3.05) is 6.61 Å². The number of aryl methyl sites for hydroxylation is 2. The van der Waals surface area contributed by atoms with Gasteiger partial charge in [-0.3, -0.25) is 4.68 Å². The Bertz CT molecular complexity index is 333. The van der Waals surface area contributed by atoms with Gasteiger partial charge in [0.2, 0.25) is 0 Å². The number of aromatic nitrogens is 2. The smallest absolute Gasteiger partial charge is 0.339 e. The number of aliphatic hydroxyl groups is 1. The summed E-state index contributed by atoms with van der Waals surface area (Å²) in [6.07, 6.45) is 4.17. The zero-order valence-corrected chi connectivity index (χ0v) is 8.81. The summed E-state index contributed by atoms with van der Waals surface area (Å²) >= 11 is 0. The van der Waals surface area contributed by atoms with Crippen LogP contribution in [0.4, 0.5) is 0 Å². The van der Waals surface area contributed by atoms with Crippen LogP contribution in [0.1, 0.15) is 35.3 Å². The fourth-order valence-corrected chi connectivity index (χ4v) is 1.40. The minimum atomic E-state index is -0.936. The van der Waals surface area contributed by atoms with E-state index in [2.05, 4.69) is 5.10 Å². The molecule has 2 N–H and O–H groups in total. The lowest BCUT2D eigenvalue weighted by molar-refractivity contribution is 0.0696. The Hall–Kier alpha value is -1.36. The van der Waals surface area contributed by atoms with Crippen LogP contribution in [0.3, 0.4) is 0 Å². The van der Waals surface area contributed by atoms with E-state index in [1.807, 2.05) is 0 Å². The molecule has 0 radical (unpaired) electrons. The van der Waals surface area contributed by atoms with Crippen molar-refractivity contribution >= 4 is 5.97 Å². The molecule has 84 valence electrons. The van der Waals surface area contributed by atoms with Crippen molar-refractivity contribution in [2.45, 2.75) is 32.7 Å². The minimum absolute atomic E-state index is 0.207. The molecule has 1 rings (SSSR count). The molecule has 0 bridgehead atoms. The Balaban J connectivity index is 2.48. The van der Waals surface area contributed by atoms with Gasteiger partial charge < -0.3 is 10.2 Å². The number of carbonyl (C=O) groups is 1. The predicted octanol–water partition coefficient (Wildman–Crippen LogP) is 1.05. The average molecular weight is 212 g/mol. The van der Waals surface area contributed by atoms with Crippen molar-refractivity contribution in [3.05, 3.63) is 17.5 Å². The van der Waals surface area contributed by atoms with Crippen LogP contribution in [0.2, 0.25) is 0 Å². The molecule has 1 aromatic rings. The first-order valence-electron chi connectivity index (χ1n) is 5.03. The monoisotopic (exact) mass is 212 g/mol. The van der Waals surface area contributed by atoms with E-state index in [0.29, 0.717) is 12.2 Å². The normalized spacial score (nSPS) is 10.5. The van der Waals surface area contributed by atoms with E-state index in [1.54, 1.807) is 17.8 Å². The molecule has 15 heavy (non-hydrogen) atoms. The highest BCUT2D eigenvalue weighted by atomic mass is 16.4. The number of hydrogen-bond acceptors (Lipinski definition) is 3. The molecule has 1 heterocycles. The van der Waals surface area contributed by atoms with Gasteiger partial charge in [-0.05, 0) is 26.2 Å². The van der Waals surface area contributed by atoms with E-state index in [9.17, 15) is 4.79 Å². The fraction of sp³-hybridized carbons (Fsp3) is 0.600. The molecule has 5 heteroatoms. The predicted molar refractivity (Wildman–Crippen MR) is 54.9 cm³/mol. The third-order valence-electron chi connectivity index (χ3n) is 2.22. The van der Waals surface area contributed by atoms with Gasteiger partial charge in [0.05, 0.1) is 5.69 Å². The van der Waals surface area contributed by atoms with Crippen LogP contribution in [0.25, 0.3) is 0 Å². The lowest BCUT2D eigenvalue weighted by atomic mass is 10.2. The first kappa shape index (κ1) is 11.7. The number of carboxylic acids is 1. The molecule has 0 fully saturated rings. The number of aromatic carboxylic acids is 1. The van der Waals surface area contributed by atoms with Gasteiger partial charge in [-0.25, -0.2) is 4.79 Å². The van der Waals surface area contributed by atoms with Crippen LogP contribution in [0, 0.1) is 6.92 Å². The van der Waals surface area contributed by atoms with Crippen molar-refractivity contribution < 1.29 is 15.0 Å². The van der Waals surface area contributed by atoms with Gasteiger partial charge in [-0.15, -0.1) is 0 Å². The molecule has 0 atom stereocenters. The van der Waals surface area contributed by atoms with Crippen LogP contribution in [0.5, 0.6) is 0 Å². The third-order valence-corrected chi connectivity index (χ3v) is 2.22. The molecule has 0 amide bonds. The van der Waals surface area contributed by atoms with E-state index >= 15 is 0 Å². The summed E-state index contributed by atoms with van der Waals surface area (Å²) in [6.45, 7) is 2.60. The maximum atomic E-state index is 10.7. The molecule has 0 unspecified atom stereocenters. The Morgan fingerprint density at radius 2 is 2.20 bits per heavy atom. The van der Waals surface area contributed by atoms with Gasteiger partial charge in [0.25, 0.3) is 0 Å². The van der Waals surface area contributed by atoms with Crippen molar-refractivity contribution in [3.63, 3.8) is 0 Å². The van der Waals surface area contributed by atoms with E-state index in [4.69, 9.17) is 10.2 Å². The van der Waals surface area contributed by atoms with Gasteiger partial charge in [0, 0.05) is 19.3 Å². The molecular weight excluding hydrogens is 196 g/mol. The Labute approximate surface area is 88.3 Å². The van der Waals surface area contributed by atoms with Crippen molar-refractivity contribution in [2.24, 2.45) is 0 Å². The lowest BCUT2D eigenvalue weighted by Crippen LogP contribution is -1.99.